The van der Waals surface area contributed by atoms with Crippen molar-refractivity contribution in [2.45, 2.75) is 90.6 Å². The second-order valence-electron chi connectivity index (χ2n) is 12.9. The Morgan fingerprint density at radius 2 is 1.00 bits per heavy atom. The Hall–Kier alpha value is -3.86. The molecule has 2 heterocycles. The van der Waals surface area contributed by atoms with Crippen LogP contribution >= 0.6 is 0 Å². The van der Waals surface area contributed by atoms with Crippen molar-refractivity contribution in [2.24, 2.45) is 0 Å². The molecule has 2 N–H and O–H groups in total. The van der Waals surface area contributed by atoms with Gasteiger partial charge < -0.3 is 43.7 Å². The topological polar surface area (TPSA) is 127 Å². The van der Waals surface area contributed by atoms with Gasteiger partial charge in [-0.05, 0) is 103 Å². The van der Waals surface area contributed by atoms with Crippen LogP contribution in [0.15, 0.2) is 48.5 Å². The van der Waals surface area contributed by atoms with Gasteiger partial charge in [-0.2, -0.15) is 0 Å². The molecule has 4 rings (SSSR count). The van der Waals surface area contributed by atoms with Crippen LogP contribution in [0.25, 0.3) is 0 Å². The highest BCUT2D eigenvalue weighted by atomic mass is 16.6. The van der Waals surface area contributed by atoms with E-state index in [0.29, 0.717) is 39.0 Å². The van der Waals surface area contributed by atoms with E-state index in [1.807, 2.05) is 65.8 Å². The minimum Gasteiger partial charge on any atom is -0.508 e. The maximum absolute atomic E-state index is 12.0. The number of likely N-dealkylation sites (tertiary alicyclic amines) is 2. The van der Waals surface area contributed by atoms with E-state index in [-0.39, 0.29) is 30.1 Å². The molecule has 0 aromatic heterocycles. The smallest absolute Gasteiger partial charge is 0.410 e. The summed E-state index contributed by atoms with van der Waals surface area (Å²) in [5.74, 6) is 2.66. The Kier molecular flexibility index (Phi) is 14.6. The van der Waals surface area contributed by atoms with Gasteiger partial charge in [-0.1, -0.05) is 0 Å². The number of ether oxygens (including phenoxy) is 5. The first-order valence-electron chi connectivity index (χ1n) is 15.4. The number of amides is 2. The van der Waals surface area contributed by atoms with Gasteiger partial charge in [0.05, 0.1) is 20.3 Å². The molecule has 0 unspecified atom stereocenters. The Balaban J connectivity index is 0.000000261. The maximum Gasteiger partial charge on any atom is 0.410 e. The molecule has 11 nitrogen and oxygen atoms in total. The number of phenolic OH excluding ortho intramolecular Hbond substituents is 1. The summed E-state index contributed by atoms with van der Waals surface area (Å²) in [6, 6.07) is 14.1. The number of aliphatic hydroxyl groups excluding tert-OH is 1. The third kappa shape index (κ3) is 15.1. The number of benzene rings is 2. The van der Waals surface area contributed by atoms with Crippen LogP contribution in [0.5, 0.6) is 23.0 Å². The van der Waals surface area contributed by atoms with Gasteiger partial charge in [-0.3, -0.25) is 0 Å². The molecule has 2 aliphatic heterocycles. The molecular weight excluding hydrogens is 580 g/mol. The van der Waals surface area contributed by atoms with Crippen LogP contribution in [0.3, 0.4) is 0 Å². The summed E-state index contributed by atoms with van der Waals surface area (Å²) in [6.45, 7) is 13.7. The SMILES string of the molecule is CC(C)(C)OC(=O)N1CCC(O)CC1.COc1ccc(O)cc1.COc1ccc(OC2CCN(C(=O)OC(C)(C)C)CC2)cc1. The summed E-state index contributed by atoms with van der Waals surface area (Å²) >= 11 is 0. The lowest BCUT2D eigenvalue weighted by atomic mass is 10.1. The molecule has 45 heavy (non-hydrogen) atoms. The Bertz CT molecular complexity index is 1140. The number of methoxy groups -OCH3 is 2. The third-order valence-electron chi connectivity index (χ3n) is 6.64. The molecule has 0 atom stereocenters. The summed E-state index contributed by atoms with van der Waals surface area (Å²) in [5, 5.41) is 18.1. The summed E-state index contributed by atoms with van der Waals surface area (Å²) in [5.41, 5.74) is -0.888. The average Bonchev–Trinajstić information content (AvgIpc) is 2.97. The quantitative estimate of drug-likeness (QED) is 0.402. The van der Waals surface area contributed by atoms with Crippen molar-refractivity contribution in [3.05, 3.63) is 48.5 Å². The number of piperidine rings is 2. The molecule has 0 aliphatic carbocycles. The second kappa shape index (κ2) is 17.6. The predicted octanol–water partition coefficient (Wildman–Crippen LogP) is 6.25. The van der Waals surface area contributed by atoms with E-state index < -0.39 is 11.2 Å². The number of phenols is 1. The molecular formula is C34H52N2O9. The van der Waals surface area contributed by atoms with Gasteiger partial charge in [0.2, 0.25) is 0 Å². The summed E-state index contributed by atoms with van der Waals surface area (Å²) in [7, 11) is 3.23. The number of hydrogen-bond acceptors (Lipinski definition) is 9. The zero-order chi connectivity index (χ0) is 33.6. The van der Waals surface area contributed by atoms with Gasteiger partial charge in [0.25, 0.3) is 0 Å². The van der Waals surface area contributed by atoms with E-state index in [2.05, 4.69) is 0 Å². The van der Waals surface area contributed by atoms with Crippen LogP contribution in [-0.2, 0) is 9.47 Å². The zero-order valence-electron chi connectivity index (χ0n) is 28.1. The minimum atomic E-state index is -0.451. The van der Waals surface area contributed by atoms with E-state index in [0.717, 1.165) is 30.1 Å². The van der Waals surface area contributed by atoms with Crippen molar-refractivity contribution in [1.29, 1.82) is 0 Å². The number of rotatable bonds is 4. The average molecular weight is 633 g/mol. The summed E-state index contributed by atoms with van der Waals surface area (Å²) in [6.07, 6.45) is 2.29. The molecule has 2 aromatic carbocycles. The molecule has 0 radical (unpaired) electrons. The first-order chi connectivity index (χ1) is 21.1. The fraction of sp³-hybridized carbons (Fsp3) is 0.588. The maximum atomic E-state index is 12.0. The molecule has 2 saturated heterocycles. The van der Waals surface area contributed by atoms with Gasteiger partial charge >= 0.3 is 12.2 Å². The van der Waals surface area contributed by atoms with E-state index in [1.165, 1.54) is 0 Å². The van der Waals surface area contributed by atoms with E-state index in [4.69, 9.17) is 28.8 Å². The zero-order valence-corrected chi connectivity index (χ0v) is 28.1. The Morgan fingerprint density at radius 3 is 1.38 bits per heavy atom. The van der Waals surface area contributed by atoms with Gasteiger partial charge in [0, 0.05) is 39.0 Å². The number of carbonyl (C=O) groups is 2. The number of aromatic hydroxyl groups is 1. The summed E-state index contributed by atoms with van der Waals surface area (Å²) in [4.78, 5) is 26.9. The molecule has 252 valence electrons. The first-order valence-corrected chi connectivity index (χ1v) is 15.4. The van der Waals surface area contributed by atoms with Crippen molar-refractivity contribution < 1.29 is 43.5 Å². The van der Waals surface area contributed by atoms with Crippen LogP contribution in [-0.4, -0.2) is 96.0 Å². The van der Waals surface area contributed by atoms with Crippen molar-refractivity contribution in [3.63, 3.8) is 0 Å². The van der Waals surface area contributed by atoms with Crippen molar-refractivity contribution in [2.75, 3.05) is 40.4 Å². The highest BCUT2D eigenvalue weighted by molar-refractivity contribution is 5.68. The normalized spacial score (nSPS) is 15.8. The molecule has 2 fully saturated rings. The van der Waals surface area contributed by atoms with Crippen LogP contribution in [0, 0.1) is 0 Å². The van der Waals surface area contributed by atoms with Crippen LogP contribution < -0.4 is 14.2 Å². The number of carbonyl (C=O) groups excluding carboxylic acids is 2. The highest BCUT2D eigenvalue weighted by Crippen LogP contribution is 2.23. The predicted molar refractivity (Wildman–Crippen MR) is 172 cm³/mol. The molecule has 2 amide bonds. The van der Waals surface area contributed by atoms with Gasteiger partial charge in [-0.15, -0.1) is 0 Å². The van der Waals surface area contributed by atoms with E-state index in [1.54, 1.807) is 48.3 Å². The lowest BCUT2D eigenvalue weighted by Crippen LogP contribution is -2.44. The van der Waals surface area contributed by atoms with Crippen molar-refractivity contribution in [3.8, 4) is 23.0 Å². The standard InChI is InChI=1S/C17H25NO4.C10H19NO3.C7H8O2/c1-17(2,3)22-16(19)18-11-9-15(10-12-18)21-14-7-5-13(20-4)6-8-14;1-10(2,3)14-9(13)11-6-4-8(12)5-7-11;1-9-7-4-2-6(8)3-5-7/h5-8,15H,9-12H2,1-4H3;8,12H,4-7H2,1-3H3;2-5,8H,1H3. The number of nitrogens with zero attached hydrogens (tertiary/aromatic N) is 2. The molecule has 0 bridgehead atoms. The van der Waals surface area contributed by atoms with Crippen LogP contribution in [0.1, 0.15) is 67.2 Å². The number of aliphatic hydroxyl groups is 1. The van der Waals surface area contributed by atoms with Gasteiger partial charge in [-0.25, -0.2) is 9.59 Å². The lowest BCUT2D eigenvalue weighted by molar-refractivity contribution is 0.00959. The van der Waals surface area contributed by atoms with Gasteiger partial charge in [0.1, 0.15) is 40.3 Å². The van der Waals surface area contributed by atoms with Gasteiger partial charge in [0.15, 0.2) is 0 Å². The number of hydrogen-bond donors (Lipinski definition) is 2. The summed E-state index contributed by atoms with van der Waals surface area (Å²) < 4.78 is 26.5. The second-order valence-corrected chi connectivity index (χ2v) is 12.9. The first kappa shape index (κ1) is 37.3. The molecule has 11 heteroatoms. The monoisotopic (exact) mass is 632 g/mol. The lowest BCUT2D eigenvalue weighted by Gasteiger charge is -2.33. The fourth-order valence-electron chi connectivity index (χ4n) is 4.29. The molecule has 0 spiro atoms. The molecule has 0 saturated carbocycles. The Labute approximate surface area is 268 Å². The van der Waals surface area contributed by atoms with E-state index >= 15 is 0 Å². The minimum absolute atomic E-state index is 0.132. The van der Waals surface area contributed by atoms with E-state index in [9.17, 15) is 14.7 Å². The highest BCUT2D eigenvalue weighted by Gasteiger charge is 2.28. The third-order valence-corrected chi connectivity index (χ3v) is 6.64. The largest absolute Gasteiger partial charge is 0.508 e. The fourth-order valence-corrected chi connectivity index (χ4v) is 4.29. The van der Waals surface area contributed by atoms with Crippen molar-refractivity contribution in [1.82, 2.24) is 9.80 Å². The van der Waals surface area contributed by atoms with Crippen LogP contribution in [0.2, 0.25) is 0 Å². The Morgan fingerprint density at radius 1 is 0.644 bits per heavy atom. The molecule has 2 aromatic rings. The van der Waals surface area contributed by atoms with Crippen molar-refractivity contribution >= 4 is 12.2 Å². The van der Waals surface area contributed by atoms with Crippen LogP contribution in [0.4, 0.5) is 9.59 Å². The molecule has 2 aliphatic rings.